The van der Waals surface area contributed by atoms with Crippen molar-refractivity contribution in [1.29, 1.82) is 0 Å². The van der Waals surface area contributed by atoms with Gasteiger partial charge in [0.1, 0.15) is 5.52 Å². The van der Waals surface area contributed by atoms with Crippen molar-refractivity contribution in [2.24, 2.45) is 0 Å². The van der Waals surface area contributed by atoms with E-state index in [9.17, 15) is 4.79 Å². The summed E-state index contributed by atoms with van der Waals surface area (Å²) in [5.74, 6) is 0. The van der Waals surface area contributed by atoms with Crippen molar-refractivity contribution in [1.82, 2.24) is 14.2 Å². The van der Waals surface area contributed by atoms with E-state index in [1.807, 2.05) is 0 Å². The molecule has 0 spiro atoms. The highest BCUT2D eigenvalue weighted by Crippen LogP contribution is 2.10. The fourth-order valence-electron chi connectivity index (χ4n) is 1.50. The summed E-state index contributed by atoms with van der Waals surface area (Å²) in [5, 5.41) is 3.99. The maximum atomic E-state index is 11.8. The van der Waals surface area contributed by atoms with Gasteiger partial charge in [0, 0.05) is 12.4 Å². The first-order valence-electron chi connectivity index (χ1n) is 4.49. The highest BCUT2D eigenvalue weighted by atomic mass is 16.6. The van der Waals surface area contributed by atoms with Crippen LogP contribution in [0.1, 0.15) is 0 Å². The number of aromatic nitrogens is 3. The Morgan fingerprint density at radius 3 is 3.21 bits per heavy atom. The molecule has 2 aromatic heterocycles. The Morgan fingerprint density at radius 2 is 2.43 bits per heavy atom. The molecule has 0 aromatic carbocycles. The fraction of sp³-hybridized carbons (Fsp3) is 0.333. The van der Waals surface area contributed by atoms with Crippen LogP contribution in [0.5, 0.6) is 0 Å². The molecule has 5 nitrogen and oxygen atoms in total. The van der Waals surface area contributed by atoms with Gasteiger partial charge in [0.15, 0.2) is 0 Å². The normalized spacial score (nSPS) is 20.1. The molecular formula is C9H9N3O2. The largest absolute Gasteiger partial charge is 0.371 e. The van der Waals surface area contributed by atoms with Gasteiger partial charge in [-0.25, -0.2) is 4.52 Å². The Bertz CT molecular complexity index is 524. The van der Waals surface area contributed by atoms with Crippen molar-refractivity contribution in [3.63, 3.8) is 0 Å². The number of nitrogens with zero attached hydrogens (tertiary/aromatic N) is 3. The number of hydrogen-bond donors (Lipinski definition) is 0. The quantitative estimate of drug-likeness (QED) is 0.622. The summed E-state index contributed by atoms with van der Waals surface area (Å²) in [6.07, 6.45) is 5.36. The van der Waals surface area contributed by atoms with Crippen molar-refractivity contribution in [3.8, 4) is 0 Å². The van der Waals surface area contributed by atoms with Crippen LogP contribution in [0.4, 0.5) is 0 Å². The molecule has 0 radical (unpaired) electrons. The van der Waals surface area contributed by atoms with E-state index in [0.29, 0.717) is 12.1 Å². The van der Waals surface area contributed by atoms with Crippen LogP contribution >= 0.6 is 0 Å². The highest BCUT2D eigenvalue weighted by Gasteiger charge is 2.23. The molecule has 3 heterocycles. The molecule has 1 unspecified atom stereocenters. The molecule has 1 atom stereocenters. The van der Waals surface area contributed by atoms with Gasteiger partial charge in [0.2, 0.25) is 0 Å². The first-order valence-corrected chi connectivity index (χ1v) is 4.49. The number of ether oxygens (including phenoxy) is 1. The third-order valence-electron chi connectivity index (χ3n) is 2.34. The van der Waals surface area contributed by atoms with Gasteiger partial charge in [0.05, 0.1) is 25.5 Å². The second-order valence-electron chi connectivity index (χ2n) is 3.37. The molecule has 3 rings (SSSR count). The third kappa shape index (κ3) is 1.13. The molecular weight excluding hydrogens is 182 g/mol. The lowest BCUT2D eigenvalue weighted by Gasteiger charge is -2.02. The second-order valence-corrected chi connectivity index (χ2v) is 3.37. The SMILES string of the molecule is O=c1c2ccnn2ccn1CC1CO1. The molecule has 14 heavy (non-hydrogen) atoms. The topological polar surface area (TPSA) is 51.8 Å². The van der Waals surface area contributed by atoms with Crippen LogP contribution in [-0.4, -0.2) is 26.9 Å². The minimum atomic E-state index is -0.0134. The summed E-state index contributed by atoms with van der Waals surface area (Å²) < 4.78 is 8.32. The number of hydrogen-bond acceptors (Lipinski definition) is 3. The summed E-state index contributed by atoms with van der Waals surface area (Å²) in [6, 6.07) is 1.71. The summed E-state index contributed by atoms with van der Waals surface area (Å²) in [6.45, 7) is 1.40. The van der Waals surface area contributed by atoms with Crippen LogP contribution in [-0.2, 0) is 11.3 Å². The van der Waals surface area contributed by atoms with Crippen molar-refractivity contribution >= 4 is 5.52 Å². The highest BCUT2D eigenvalue weighted by molar-refractivity contribution is 5.42. The van der Waals surface area contributed by atoms with Crippen LogP contribution in [0.15, 0.2) is 29.5 Å². The van der Waals surface area contributed by atoms with Crippen LogP contribution < -0.4 is 5.56 Å². The number of rotatable bonds is 2. The zero-order chi connectivity index (χ0) is 9.54. The minimum absolute atomic E-state index is 0.0134. The molecule has 1 aliphatic rings. The van der Waals surface area contributed by atoms with Crippen LogP contribution in [0, 0.1) is 0 Å². The van der Waals surface area contributed by atoms with Gasteiger partial charge in [-0.05, 0) is 6.07 Å². The molecule has 1 saturated heterocycles. The second kappa shape index (κ2) is 2.68. The predicted octanol–water partition coefficient (Wildman–Crippen LogP) is -0.105. The molecule has 0 amide bonds. The molecule has 72 valence electrons. The zero-order valence-corrected chi connectivity index (χ0v) is 7.46. The van der Waals surface area contributed by atoms with Crippen molar-refractivity contribution in [2.75, 3.05) is 6.61 Å². The molecule has 0 saturated carbocycles. The zero-order valence-electron chi connectivity index (χ0n) is 7.46. The standard InChI is InChI=1S/C9H9N3O2/c13-9-8-1-2-10-12(8)4-3-11(9)5-7-6-14-7/h1-4,7H,5-6H2. The maximum absolute atomic E-state index is 11.8. The van der Waals surface area contributed by atoms with E-state index >= 15 is 0 Å². The van der Waals surface area contributed by atoms with E-state index in [1.54, 1.807) is 33.7 Å². The van der Waals surface area contributed by atoms with Gasteiger partial charge < -0.3 is 9.30 Å². The van der Waals surface area contributed by atoms with Gasteiger partial charge in [-0.3, -0.25) is 4.79 Å². The average molecular weight is 191 g/mol. The summed E-state index contributed by atoms with van der Waals surface area (Å²) in [4.78, 5) is 11.8. The summed E-state index contributed by atoms with van der Waals surface area (Å²) >= 11 is 0. The minimum Gasteiger partial charge on any atom is -0.371 e. The van der Waals surface area contributed by atoms with Gasteiger partial charge >= 0.3 is 0 Å². The Hall–Kier alpha value is -1.62. The lowest BCUT2D eigenvalue weighted by molar-refractivity contribution is 0.380. The lowest BCUT2D eigenvalue weighted by atomic mass is 10.4. The van der Waals surface area contributed by atoms with Gasteiger partial charge in [-0.1, -0.05) is 0 Å². The molecule has 1 fully saturated rings. The monoisotopic (exact) mass is 191 g/mol. The van der Waals surface area contributed by atoms with Crippen LogP contribution in [0.2, 0.25) is 0 Å². The Balaban J connectivity index is 2.14. The van der Waals surface area contributed by atoms with Gasteiger partial charge in [0.25, 0.3) is 5.56 Å². The maximum Gasteiger partial charge on any atom is 0.276 e. The Morgan fingerprint density at radius 1 is 1.57 bits per heavy atom. The summed E-state index contributed by atoms with van der Waals surface area (Å²) in [5.41, 5.74) is 0.591. The first kappa shape index (κ1) is 7.75. The van der Waals surface area contributed by atoms with E-state index in [-0.39, 0.29) is 11.7 Å². The number of epoxide rings is 1. The average Bonchev–Trinajstić information content (AvgIpc) is 2.85. The first-order chi connectivity index (χ1) is 6.84. The molecule has 0 aliphatic carbocycles. The molecule has 0 N–H and O–H groups in total. The van der Waals surface area contributed by atoms with E-state index in [1.165, 1.54) is 0 Å². The van der Waals surface area contributed by atoms with Gasteiger partial charge in [-0.15, -0.1) is 0 Å². The van der Waals surface area contributed by atoms with Crippen molar-refractivity contribution < 1.29 is 4.74 Å². The van der Waals surface area contributed by atoms with Crippen LogP contribution in [0.25, 0.3) is 5.52 Å². The van der Waals surface area contributed by atoms with Crippen LogP contribution in [0.3, 0.4) is 0 Å². The molecule has 1 aliphatic heterocycles. The van der Waals surface area contributed by atoms with E-state index in [2.05, 4.69) is 5.10 Å². The van der Waals surface area contributed by atoms with E-state index in [0.717, 1.165) is 6.61 Å². The third-order valence-corrected chi connectivity index (χ3v) is 2.34. The van der Waals surface area contributed by atoms with Crippen molar-refractivity contribution in [3.05, 3.63) is 35.0 Å². The fourth-order valence-corrected chi connectivity index (χ4v) is 1.50. The number of fused-ring (bicyclic) bond motifs is 1. The van der Waals surface area contributed by atoms with E-state index in [4.69, 9.17) is 4.74 Å². The Kier molecular flexibility index (Phi) is 1.49. The lowest BCUT2D eigenvalue weighted by Crippen LogP contribution is -2.23. The Labute approximate surface area is 79.5 Å². The predicted molar refractivity (Wildman–Crippen MR) is 49.2 cm³/mol. The van der Waals surface area contributed by atoms with Crippen molar-refractivity contribution in [2.45, 2.75) is 12.6 Å². The molecule has 0 bridgehead atoms. The van der Waals surface area contributed by atoms with E-state index < -0.39 is 0 Å². The molecule has 5 heteroatoms. The smallest absolute Gasteiger partial charge is 0.276 e. The molecule has 2 aromatic rings. The summed E-state index contributed by atoms with van der Waals surface area (Å²) in [7, 11) is 0. The van der Waals surface area contributed by atoms with Gasteiger partial charge in [-0.2, -0.15) is 5.10 Å².